The van der Waals surface area contributed by atoms with Crippen molar-refractivity contribution in [3.05, 3.63) is 65.4 Å². The Labute approximate surface area is 166 Å². The molecule has 2 aromatic carbocycles. The second-order valence-electron chi connectivity index (χ2n) is 5.97. The molecule has 1 heterocycles. The van der Waals surface area contributed by atoms with Crippen LogP contribution in [0.15, 0.2) is 42.5 Å². The molecule has 158 valence electrons. The number of alkyl halides is 3. The molecular formula is C19H14F5N3O3. The number of hydrogen-bond donors (Lipinski definition) is 2. The number of amides is 1. The highest BCUT2D eigenvalue weighted by atomic mass is 19.4. The number of ether oxygens (including phenoxy) is 2. The van der Waals surface area contributed by atoms with E-state index >= 15 is 0 Å². The van der Waals surface area contributed by atoms with Crippen LogP contribution in [0.25, 0.3) is 11.3 Å². The molecule has 3 aromatic rings. The average Bonchev–Trinajstić information content (AvgIpc) is 3.13. The van der Waals surface area contributed by atoms with Crippen LogP contribution in [-0.4, -0.2) is 29.6 Å². The van der Waals surface area contributed by atoms with Gasteiger partial charge >= 0.3 is 6.36 Å². The van der Waals surface area contributed by atoms with Crippen molar-refractivity contribution in [2.75, 3.05) is 7.11 Å². The third kappa shape index (κ3) is 4.85. The SMILES string of the molecule is COc1c(F)cc(F)cc1-c1cc(CNC(=O)c2ccccc2OC(F)(F)F)n[nH]1. The van der Waals surface area contributed by atoms with Crippen LogP contribution in [0.5, 0.6) is 11.5 Å². The second kappa shape index (κ2) is 8.39. The number of aromatic nitrogens is 2. The molecule has 0 saturated heterocycles. The first-order valence-corrected chi connectivity index (χ1v) is 8.38. The highest BCUT2D eigenvalue weighted by molar-refractivity contribution is 5.96. The Balaban J connectivity index is 1.75. The van der Waals surface area contributed by atoms with Gasteiger partial charge in [0.25, 0.3) is 5.91 Å². The molecule has 0 aliphatic carbocycles. The number of nitrogens with one attached hydrogen (secondary N) is 2. The maximum Gasteiger partial charge on any atom is 0.573 e. The van der Waals surface area contributed by atoms with E-state index < -0.39 is 29.7 Å². The van der Waals surface area contributed by atoms with Gasteiger partial charge in [-0.1, -0.05) is 12.1 Å². The molecule has 0 spiro atoms. The fourth-order valence-electron chi connectivity index (χ4n) is 2.69. The van der Waals surface area contributed by atoms with E-state index in [-0.39, 0.29) is 34.8 Å². The van der Waals surface area contributed by atoms with E-state index in [9.17, 15) is 26.7 Å². The average molecular weight is 427 g/mol. The summed E-state index contributed by atoms with van der Waals surface area (Å²) in [4.78, 5) is 12.3. The molecule has 30 heavy (non-hydrogen) atoms. The van der Waals surface area contributed by atoms with Crippen molar-refractivity contribution in [2.45, 2.75) is 12.9 Å². The summed E-state index contributed by atoms with van der Waals surface area (Å²) in [6.07, 6.45) is -4.95. The standard InChI is InChI=1S/C19H14F5N3O3/c1-29-17-13(6-10(20)7-14(17)21)15-8-11(26-27-15)9-25-18(28)12-4-2-3-5-16(12)30-19(22,23)24/h2-8H,9H2,1H3,(H,25,28)(H,26,27). The quantitative estimate of drug-likeness (QED) is 0.579. The molecule has 1 aromatic heterocycles. The molecule has 0 fully saturated rings. The summed E-state index contributed by atoms with van der Waals surface area (Å²) in [5.41, 5.74) is 0.234. The molecule has 0 radical (unpaired) electrons. The number of aromatic amines is 1. The maximum absolute atomic E-state index is 13.9. The molecule has 6 nitrogen and oxygen atoms in total. The van der Waals surface area contributed by atoms with E-state index in [4.69, 9.17) is 4.74 Å². The molecule has 2 N–H and O–H groups in total. The number of nitrogens with zero attached hydrogens (tertiary/aromatic N) is 1. The fraction of sp³-hybridized carbons (Fsp3) is 0.158. The molecule has 0 aliphatic rings. The van der Waals surface area contributed by atoms with Gasteiger partial charge in [0.2, 0.25) is 0 Å². The molecule has 0 bridgehead atoms. The predicted octanol–water partition coefficient (Wildman–Crippen LogP) is 4.19. The summed E-state index contributed by atoms with van der Waals surface area (Å²) >= 11 is 0. The lowest BCUT2D eigenvalue weighted by molar-refractivity contribution is -0.274. The number of methoxy groups -OCH3 is 1. The minimum Gasteiger partial charge on any atom is -0.493 e. The topological polar surface area (TPSA) is 76.2 Å². The summed E-state index contributed by atoms with van der Waals surface area (Å²) in [5, 5.41) is 8.90. The highest BCUT2D eigenvalue weighted by Gasteiger charge is 2.32. The highest BCUT2D eigenvalue weighted by Crippen LogP contribution is 2.32. The summed E-state index contributed by atoms with van der Waals surface area (Å²) in [6, 6.07) is 7.99. The third-order valence-electron chi connectivity index (χ3n) is 3.92. The van der Waals surface area contributed by atoms with Crippen LogP contribution in [0, 0.1) is 11.6 Å². The van der Waals surface area contributed by atoms with E-state index in [2.05, 4.69) is 20.3 Å². The van der Waals surface area contributed by atoms with Gasteiger partial charge in [-0.15, -0.1) is 13.2 Å². The van der Waals surface area contributed by atoms with Crippen molar-refractivity contribution >= 4 is 5.91 Å². The first kappa shape index (κ1) is 21.1. The van der Waals surface area contributed by atoms with Crippen LogP contribution in [0.4, 0.5) is 22.0 Å². The van der Waals surface area contributed by atoms with Crippen molar-refractivity contribution < 1.29 is 36.2 Å². The Bertz CT molecular complexity index is 1070. The first-order chi connectivity index (χ1) is 14.2. The lowest BCUT2D eigenvalue weighted by Gasteiger charge is -2.12. The Hall–Kier alpha value is -3.63. The number of hydrogen-bond acceptors (Lipinski definition) is 4. The number of para-hydroxylation sites is 1. The summed E-state index contributed by atoms with van der Waals surface area (Å²) in [5.74, 6) is -3.40. The smallest absolute Gasteiger partial charge is 0.493 e. The van der Waals surface area contributed by atoms with Crippen LogP contribution in [0.1, 0.15) is 16.1 Å². The van der Waals surface area contributed by atoms with Gasteiger partial charge in [0.15, 0.2) is 11.6 Å². The number of carbonyl (C=O) groups excluding carboxylic acids is 1. The van der Waals surface area contributed by atoms with Gasteiger partial charge in [-0.2, -0.15) is 5.10 Å². The molecule has 3 rings (SSSR count). The maximum atomic E-state index is 13.9. The van der Waals surface area contributed by atoms with Crippen LogP contribution in [0.3, 0.4) is 0 Å². The molecule has 0 atom stereocenters. The van der Waals surface area contributed by atoms with Crippen molar-refractivity contribution in [2.24, 2.45) is 0 Å². The zero-order chi connectivity index (χ0) is 21.9. The molecule has 11 heteroatoms. The lowest BCUT2D eigenvalue weighted by atomic mass is 10.1. The van der Waals surface area contributed by atoms with Crippen LogP contribution < -0.4 is 14.8 Å². The molecule has 0 saturated carbocycles. The molecule has 0 unspecified atom stereocenters. The normalized spacial score (nSPS) is 11.3. The fourth-order valence-corrected chi connectivity index (χ4v) is 2.69. The van der Waals surface area contributed by atoms with Crippen LogP contribution in [-0.2, 0) is 6.54 Å². The minimum absolute atomic E-state index is 0.0731. The van der Waals surface area contributed by atoms with Gasteiger partial charge in [0, 0.05) is 11.6 Å². The first-order valence-electron chi connectivity index (χ1n) is 8.38. The van der Waals surface area contributed by atoms with Gasteiger partial charge in [0.1, 0.15) is 11.6 Å². The number of halogens is 5. The summed E-state index contributed by atoms with van der Waals surface area (Å²) < 4.78 is 73.7. The molecule has 1 amide bonds. The second-order valence-corrected chi connectivity index (χ2v) is 5.97. The Morgan fingerprint density at radius 2 is 1.90 bits per heavy atom. The Kier molecular flexibility index (Phi) is 5.90. The van der Waals surface area contributed by atoms with E-state index in [0.29, 0.717) is 6.07 Å². The molecule has 0 aliphatic heterocycles. The van der Waals surface area contributed by atoms with Gasteiger partial charge in [0.05, 0.1) is 30.6 Å². The number of carbonyl (C=O) groups is 1. The van der Waals surface area contributed by atoms with E-state index in [1.54, 1.807) is 0 Å². The van der Waals surface area contributed by atoms with Crippen LogP contribution >= 0.6 is 0 Å². The third-order valence-corrected chi connectivity index (χ3v) is 3.92. The van der Waals surface area contributed by atoms with Crippen molar-refractivity contribution in [3.8, 4) is 22.8 Å². The van der Waals surface area contributed by atoms with Gasteiger partial charge in [-0.25, -0.2) is 8.78 Å². The van der Waals surface area contributed by atoms with Gasteiger partial charge in [-0.05, 0) is 24.3 Å². The van der Waals surface area contributed by atoms with E-state index in [1.807, 2.05) is 0 Å². The van der Waals surface area contributed by atoms with Crippen LogP contribution in [0.2, 0.25) is 0 Å². The Morgan fingerprint density at radius 3 is 2.60 bits per heavy atom. The molecular weight excluding hydrogens is 413 g/mol. The summed E-state index contributed by atoms with van der Waals surface area (Å²) in [7, 11) is 1.22. The Morgan fingerprint density at radius 1 is 1.17 bits per heavy atom. The van der Waals surface area contributed by atoms with Gasteiger partial charge < -0.3 is 14.8 Å². The van der Waals surface area contributed by atoms with Gasteiger partial charge in [-0.3, -0.25) is 9.89 Å². The zero-order valence-corrected chi connectivity index (χ0v) is 15.3. The largest absolute Gasteiger partial charge is 0.573 e. The minimum atomic E-state index is -4.95. The van der Waals surface area contributed by atoms with E-state index in [0.717, 1.165) is 12.1 Å². The number of benzene rings is 2. The number of rotatable bonds is 6. The lowest BCUT2D eigenvalue weighted by Crippen LogP contribution is -2.25. The van der Waals surface area contributed by atoms with Crippen molar-refractivity contribution in [1.29, 1.82) is 0 Å². The van der Waals surface area contributed by atoms with Crippen molar-refractivity contribution in [1.82, 2.24) is 15.5 Å². The number of H-pyrrole nitrogens is 1. The monoisotopic (exact) mass is 427 g/mol. The predicted molar refractivity (Wildman–Crippen MR) is 94.8 cm³/mol. The van der Waals surface area contributed by atoms with Crippen molar-refractivity contribution in [3.63, 3.8) is 0 Å². The van der Waals surface area contributed by atoms with E-state index in [1.165, 1.54) is 31.4 Å². The zero-order valence-electron chi connectivity index (χ0n) is 15.3. The summed E-state index contributed by atoms with van der Waals surface area (Å²) in [6.45, 7) is -0.171.